The molecule has 0 fully saturated rings. The predicted octanol–water partition coefficient (Wildman–Crippen LogP) is 3.02. The number of nitrogens with one attached hydrogen (secondary N) is 1. The van der Waals surface area contributed by atoms with Crippen LogP contribution in [0.25, 0.3) is 0 Å². The van der Waals surface area contributed by atoms with Crippen LogP contribution in [0.5, 0.6) is 5.88 Å². The molecule has 0 spiro atoms. The first-order valence-corrected chi connectivity index (χ1v) is 6.97. The van der Waals surface area contributed by atoms with Crippen LogP contribution in [-0.4, -0.2) is 21.8 Å². The molecule has 0 saturated carbocycles. The Morgan fingerprint density at radius 3 is 2.86 bits per heavy atom. The normalized spacial score (nSPS) is 10.5. The van der Waals surface area contributed by atoms with Gasteiger partial charge in [-0.1, -0.05) is 0 Å². The van der Waals surface area contributed by atoms with Gasteiger partial charge in [-0.3, -0.25) is 10.1 Å². The number of benzene rings is 1. The minimum absolute atomic E-state index is 0.0230. The molecule has 0 saturated heterocycles. The summed E-state index contributed by atoms with van der Waals surface area (Å²) in [6.45, 7) is 2.37. The van der Waals surface area contributed by atoms with Crippen LogP contribution in [0.2, 0.25) is 0 Å². The van der Waals surface area contributed by atoms with E-state index in [-0.39, 0.29) is 5.69 Å². The highest BCUT2D eigenvalue weighted by Gasteiger charge is 2.15. The molecular formula is C13H15BrN4O3. The number of ether oxygens (including phenoxy) is 1. The molecule has 1 N–H and O–H groups in total. The number of nitrogens with zero attached hydrogens (tertiary/aromatic N) is 3. The van der Waals surface area contributed by atoms with Crippen LogP contribution in [0.1, 0.15) is 11.3 Å². The molecule has 0 amide bonds. The van der Waals surface area contributed by atoms with Crippen molar-refractivity contribution >= 4 is 27.3 Å². The first-order chi connectivity index (χ1) is 9.93. The molecular weight excluding hydrogens is 340 g/mol. The van der Waals surface area contributed by atoms with Crippen LogP contribution >= 0.6 is 15.9 Å². The van der Waals surface area contributed by atoms with E-state index in [9.17, 15) is 10.1 Å². The topological polar surface area (TPSA) is 82.2 Å². The van der Waals surface area contributed by atoms with Crippen molar-refractivity contribution in [3.63, 3.8) is 0 Å². The van der Waals surface area contributed by atoms with Gasteiger partial charge in [-0.15, -0.1) is 0 Å². The second-order valence-electron chi connectivity index (χ2n) is 4.47. The lowest BCUT2D eigenvalue weighted by Crippen LogP contribution is -2.03. The fourth-order valence-electron chi connectivity index (χ4n) is 2.09. The van der Waals surface area contributed by atoms with Crippen molar-refractivity contribution in [1.29, 1.82) is 0 Å². The highest BCUT2D eigenvalue weighted by atomic mass is 79.9. The molecule has 0 aliphatic heterocycles. The van der Waals surface area contributed by atoms with Gasteiger partial charge in [0.15, 0.2) is 0 Å². The molecule has 7 nitrogen and oxygen atoms in total. The minimum Gasteiger partial charge on any atom is -0.481 e. The van der Waals surface area contributed by atoms with Crippen LogP contribution in [0.3, 0.4) is 0 Å². The number of methoxy groups -OCH3 is 1. The zero-order chi connectivity index (χ0) is 15.6. The fraction of sp³-hybridized carbons (Fsp3) is 0.308. The molecule has 1 heterocycles. The summed E-state index contributed by atoms with van der Waals surface area (Å²) >= 11 is 3.16. The second kappa shape index (κ2) is 6.13. The summed E-state index contributed by atoms with van der Waals surface area (Å²) in [5.74, 6) is 0.673. The van der Waals surface area contributed by atoms with E-state index in [1.165, 1.54) is 6.07 Å². The van der Waals surface area contributed by atoms with Crippen LogP contribution in [-0.2, 0) is 13.6 Å². The highest BCUT2D eigenvalue weighted by molar-refractivity contribution is 9.10. The predicted molar refractivity (Wildman–Crippen MR) is 82.6 cm³/mol. The number of aryl methyl sites for hydroxylation is 2. The second-order valence-corrected chi connectivity index (χ2v) is 5.33. The molecule has 0 aliphatic carbocycles. The van der Waals surface area contributed by atoms with Crippen molar-refractivity contribution in [2.45, 2.75) is 13.5 Å². The monoisotopic (exact) mass is 354 g/mol. The number of aromatic nitrogens is 2. The van der Waals surface area contributed by atoms with Crippen molar-refractivity contribution in [2.75, 3.05) is 12.4 Å². The molecule has 2 rings (SSSR count). The van der Waals surface area contributed by atoms with Crippen LogP contribution in [0.4, 0.5) is 11.4 Å². The first-order valence-electron chi connectivity index (χ1n) is 6.18. The van der Waals surface area contributed by atoms with E-state index in [1.807, 2.05) is 6.92 Å². The Balaban J connectivity index is 2.21. The fourth-order valence-corrected chi connectivity index (χ4v) is 2.48. The molecule has 0 radical (unpaired) electrons. The van der Waals surface area contributed by atoms with Gasteiger partial charge < -0.3 is 10.1 Å². The quantitative estimate of drug-likeness (QED) is 0.659. The van der Waals surface area contributed by atoms with E-state index >= 15 is 0 Å². The van der Waals surface area contributed by atoms with Gasteiger partial charge in [0.25, 0.3) is 5.69 Å². The van der Waals surface area contributed by atoms with Crippen molar-refractivity contribution in [1.82, 2.24) is 9.78 Å². The maximum Gasteiger partial charge on any atom is 0.285 e. The largest absolute Gasteiger partial charge is 0.481 e. The van der Waals surface area contributed by atoms with Crippen molar-refractivity contribution < 1.29 is 9.66 Å². The maximum atomic E-state index is 10.9. The number of rotatable bonds is 5. The highest BCUT2D eigenvalue weighted by Crippen LogP contribution is 2.29. The van der Waals surface area contributed by atoms with E-state index in [2.05, 4.69) is 26.3 Å². The van der Waals surface area contributed by atoms with Gasteiger partial charge in [-0.25, -0.2) is 4.68 Å². The summed E-state index contributed by atoms with van der Waals surface area (Å²) in [6, 6.07) is 4.91. The summed E-state index contributed by atoms with van der Waals surface area (Å²) in [4.78, 5) is 10.5. The summed E-state index contributed by atoms with van der Waals surface area (Å²) < 4.78 is 7.43. The van der Waals surface area contributed by atoms with Crippen molar-refractivity contribution in [3.05, 3.63) is 44.0 Å². The lowest BCUT2D eigenvalue weighted by Gasteiger charge is -2.08. The van der Waals surface area contributed by atoms with Gasteiger partial charge in [-0.2, -0.15) is 5.10 Å². The number of nitro benzene ring substituents is 1. The molecule has 112 valence electrons. The Morgan fingerprint density at radius 1 is 1.52 bits per heavy atom. The Labute approximate surface area is 130 Å². The molecule has 21 heavy (non-hydrogen) atoms. The average Bonchev–Trinajstić information content (AvgIpc) is 2.71. The molecule has 8 heteroatoms. The van der Waals surface area contributed by atoms with Crippen molar-refractivity contribution in [3.8, 4) is 5.88 Å². The summed E-state index contributed by atoms with van der Waals surface area (Å²) in [6.07, 6.45) is 0. The van der Waals surface area contributed by atoms with Gasteiger partial charge in [0, 0.05) is 25.3 Å². The molecule has 1 aromatic heterocycles. The molecule has 2 aromatic rings. The summed E-state index contributed by atoms with van der Waals surface area (Å²) in [5, 5.41) is 18.4. The number of hydrogen-bond donors (Lipinski definition) is 1. The Hall–Kier alpha value is -2.09. The minimum atomic E-state index is -0.425. The zero-order valence-electron chi connectivity index (χ0n) is 11.9. The first kappa shape index (κ1) is 15.3. The Bertz CT molecular complexity index is 684. The third-order valence-electron chi connectivity index (χ3n) is 3.09. The van der Waals surface area contributed by atoms with Gasteiger partial charge in [0.2, 0.25) is 5.88 Å². The lowest BCUT2D eigenvalue weighted by atomic mass is 10.2. The molecule has 0 unspecified atom stereocenters. The van der Waals surface area contributed by atoms with Crippen LogP contribution in [0.15, 0.2) is 22.7 Å². The third-order valence-corrected chi connectivity index (χ3v) is 3.76. The Kier molecular flexibility index (Phi) is 4.46. The van der Waals surface area contributed by atoms with E-state index in [0.717, 1.165) is 11.3 Å². The third kappa shape index (κ3) is 3.15. The summed E-state index contributed by atoms with van der Waals surface area (Å²) in [5.41, 5.74) is 2.46. The maximum absolute atomic E-state index is 10.9. The van der Waals surface area contributed by atoms with Crippen molar-refractivity contribution in [2.24, 2.45) is 7.05 Å². The Morgan fingerprint density at radius 2 is 2.24 bits per heavy atom. The molecule has 0 aliphatic rings. The van der Waals surface area contributed by atoms with E-state index in [1.54, 1.807) is 31.0 Å². The average molecular weight is 355 g/mol. The van der Waals surface area contributed by atoms with E-state index < -0.39 is 4.92 Å². The standard InChI is InChI=1S/C13H15BrN4O3/c1-8-10(13(21-3)17(2)16-8)7-15-9-4-5-11(14)12(6-9)18(19)20/h4-6,15H,7H2,1-3H3. The smallest absolute Gasteiger partial charge is 0.285 e. The van der Waals surface area contributed by atoms with Crippen LogP contribution in [0, 0.1) is 17.0 Å². The SMILES string of the molecule is COc1c(CNc2ccc(Br)c([N+](=O)[O-])c2)c(C)nn1C. The van der Waals surface area contributed by atoms with E-state index in [4.69, 9.17) is 4.74 Å². The molecule has 0 atom stereocenters. The number of halogens is 1. The summed E-state index contributed by atoms with van der Waals surface area (Å²) in [7, 11) is 3.39. The number of hydrogen-bond acceptors (Lipinski definition) is 5. The van der Waals surface area contributed by atoms with E-state index in [0.29, 0.717) is 22.6 Å². The number of nitro groups is 1. The van der Waals surface area contributed by atoms with Gasteiger partial charge in [-0.05, 0) is 35.0 Å². The lowest BCUT2D eigenvalue weighted by molar-refractivity contribution is -0.385. The number of anilines is 1. The van der Waals surface area contributed by atoms with Gasteiger partial charge in [0.1, 0.15) is 0 Å². The van der Waals surface area contributed by atoms with Crippen LogP contribution < -0.4 is 10.1 Å². The van der Waals surface area contributed by atoms with Gasteiger partial charge in [0.05, 0.1) is 27.8 Å². The zero-order valence-corrected chi connectivity index (χ0v) is 13.5. The van der Waals surface area contributed by atoms with Gasteiger partial charge >= 0.3 is 0 Å². The molecule has 0 bridgehead atoms. The molecule has 1 aromatic carbocycles.